The van der Waals surface area contributed by atoms with Crippen molar-refractivity contribution in [2.75, 3.05) is 7.11 Å². The molecule has 0 radical (unpaired) electrons. The van der Waals surface area contributed by atoms with Crippen LogP contribution in [0.3, 0.4) is 0 Å². The Morgan fingerprint density at radius 2 is 1.53 bits per heavy atom. The number of aryl methyl sites for hydroxylation is 5. The van der Waals surface area contributed by atoms with E-state index in [1.54, 1.807) is 32.2 Å². The second-order valence-electron chi connectivity index (χ2n) is 9.09. The van der Waals surface area contributed by atoms with E-state index in [9.17, 15) is 13.2 Å². The van der Waals surface area contributed by atoms with Crippen LogP contribution in [0.4, 0.5) is 0 Å². The van der Waals surface area contributed by atoms with Crippen molar-refractivity contribution >= 4 is 15.9 Å². The molecule has 0 fully saturated rings. The number of nitrogens with zero attached hydrogens (tertiary/aromatic N) is 2. The Bertz CT molecular complexity index is 1640. The van der Waals surface area contributed by atoms with Gasteiger partial charge in [-0.15, -0.1) is 0 Å². The van der Waals surface area contributed by atoms with Gasteiger partial charge in [-0.2, -0.15) is 8.42 Å². The number of carbonyl (C=O) groups excluding carboxylic acids is 1. The summed E-state index contributed by atoms with van der Waals surface area (Å²) in [7, 11) is -2.66. The minimum atomic E-state index is -4.23. The number of pyridine rings is 2. The molecular formula is C29H33N3O5S. The quantitative estimate of drug-likeness (QED) is 0.305. The molecule has 0 aliphatic carbocycles. The third-order valence-corrected chi connectivity index (χ3v) is 7.20. The molecule has 4 aromatic rings. The van der Waals surface area contributed by atoms with Gasteiger partial charge < -0.3 is 9.47 Å². The summed E-state index contributed by atoms with van der Waals surface area (Å²) >= 11 is 0. The summed E-state index contributed by atoms with van der Waals surface area (Å²) in [4.78, 5) is 22.0. The van der Waals surface area contributed by atoms with Gasteiger partial charge in [-0.05, 0) is 81.6 Å². The molecule has 0 atom stereocenters. The van der Waals surface area contributed by atoms with Gasteiger partial charge in [0.25, 0.3) is 15.9 Å². The number of rotatable bonds is 7. The van der Waals surface area contributed by atoms with Crippen LogP contribution in [0.2, 0.25) is 0 Å². The van der Waals surface area contributed by atoms with Crippen molar-refractivity contribution in [2.45, 2.75) is 39.6 Å². The summed E-state index contributed by atoms with van der Waals surface area (Å²) < 4.78 is 39.8. The molecule has 2 aromatic heterocycles. The van der Waals surface area contributed by atoms with E-state index in [1.807, 2.05) is 58.0 Å². The Labute approximate surface area is 225 Å². The smallest absolute Gasteiger partial charge is 0.281 e. The van der Waals surface area contributed by atoms with Gasteiger partial charge in [0.2, 0.25) is 5.88 Å². The molecule has 1 N–H and O–H groups in total. The summed E-state index contributed by atoms with van der Waals surface area (Å²) in [6.45, 7) is 9.37. The summed E-state index contributed by atoms with van der Waals surface area (Å²) in [6, 6.07) is 17.3. The third kappa shape index (κ3) is 5.52. The van der Waals surface area contributed by atoms with Crippen LogP contribution in [0.1, 0.15) is 41.2 Å². The Kier molecular flexibility index (Phi) is 7.50. The number of ether oxygens (including phenoxy) is 2. The highest BCUT2D eigenvalue weighted by Crippen LogP contribution is 2.36. The van der Waals surface area contributed by atoms with Crippen molar-refractivity contribution in [1.82, 2.24) is 14.7 Å². The highest BCUT2D eigenvalue weighted by atomic mass is 32.2. The maximum Gasteiger partial charge on any atom is 0.281 e. The zero-order valence-corrected chi connectivity index (χ0v) is 22.9. The highest BCUT2D eigenvalue weighted by molar-refractivity contribution is 7.90. The Morgan fingerprint density at radius 1 is 0.842 bits per heavy atom. The van der Waals surface area contributed by atoms with Gasteiger partial charge in [-0.3, -0.25) is 4.79 Å². The molecular weight excluding hydrogens is 502 g/mol. The lowest BCUT2D eigenvalue weighted by Gasteiger charge is -2.17. The lowest BCUT2D eigenvalue weighted by molar-refractivity contribution is 0.0978. The molecule has 0 aliphatic heterocycles. The highest BCUT2D eigenvalue weighted by Gasteiger charge is 2.25. The first kappa shape index (κ1) is 26.8. The summed E-state index contributed by atoms with van der Waals surface area (Å²) in [5.41, 5.74) is 5.35. The number of benzene rings is 2. The van der Waals surface area contributed by atoms with Crippen molar-refractivity contribution in [3.63, 3.8) is 0 Å². The zero-order valence-electron chi connectivity index (χ0n) is 22.1. The summed E-state index contributed by atoms with van der Waals surface area (Å²) in [5.74, 6) is 0.250. The van der Waals surface area contributed by atoms with E-state index < -0.39 is 15.9 Å². The van der Waals surface area contributed by atoms with Crippen LogP contribution < -0.4 is 14.2 Å². The number of hydrogen-bond acceptors (Lipinski definition) is 7. The molecule has 0 unspecified atom stereocenters. The normalized spacial score (nSPS) is 11.2. The molecule has 38 heavy (non-hydrogen) atoms. The van der Waals surface area contributed by atoms with Gasteiger partial charge in [0.15, 0.2) is 5.03 Å². The molecule has 2 heterocycles. The topological polar surface area (TPSA) is 107 Å². The van der Waals surface area contributed by atoms with Crippen molar-refractivity contribution in [3.05, 3.63) is 94.2 Å². The lowest BCUT2D eigenvalue weighted by atomic mass is 10.1. The number of nitrogens with one attached hydrogen (secondary N) is 1. The van der Waals surface area contributed by atoms with Crippen molar-refractivity contribution in [1.29, 1.82) is 0 Å². The number of para-hydroxylation sites is 1. The monoisotopic (exact) mass is 535 g/mol. The number of hydrogen-bond donors (Lipinski definition) is 1. The second-order valence-corrected chi connectivity index (χ2v) is 10.7. The van der Waals surface area contributed by atoms with Gasteiger partial charge in [-0.1, -0.05) is 35.9 Å². The minimum Gasteiger partial charge on any atom is -0.496 e. The van der Waals surface area contributed by atoms with Crippen LogP contribution in [0.25, 0.3) is 11.3 Å². The minimum absolute atomic E-state index is 0. The molecule has 2 aromatic carbocycles. The van der Waals surface area contributed by atoms with Crippen molar-refractivity contribution in [2.24, 2.45) is 0 Å². The van der Waals surface area contributed by atoms with E-state index in [0.717, 1.165) is 22.3 Å². The van der Waals surface area contributed by atoms with Crippen LogP contribution in [0, 0.1) is 34.6 Å². The van der Waals surface area contributed by atoms with Crippen LogP contribution in [0.15, 0.2) is 65.7 Å². The zero-order chi connectivity index (χ0) is 27.6. The van der Waals surface area contributed by atoms with E-state index in [4.69, 9.17) is 9.47 Å². The molecule has 0 aliphatic rings. The molecule has 8 nitrogen and oxygen atoms in total. The molecule has 0 spiro atoms. The van der Waals surface area contributed by atoms with Crippen molar-refractivity contribution < 1.29 is 25.5 Å². The van der Waals surface area contributed by atoms with E-state index in [2.05, 4.69) is 14.7 Å². The van der Waals surface area contributed by atoms with E-state index in [-0.39, 0.29) is 19.3 Å². The fraction of sp³-hybridized carbons (Fsp3) is 0.207. The van der Waals surface area contributed by atoms with Crippen LogP contribution in [-0.2, 0) is 10.0 Å². The van der Waals surface area contributed by atoms with Gasteiger partial charge in [0, 0.05) is 14.1 Å². The molecule has 0 saturated heterocycles. The lowest BCUT2D eigenvalue weighted by Crippen LogP contribution is -2.31. The summed E-state index contributed by atoms with van der Waals surface area (Å²) in [5, 5.41) is -0.257. The number of aromatic nitrogens is 2. The van der Waals surface area contributed by atoms with Crippen LogP contribution >= 0.6 is 0 Å². The first-order valence-corrected chi connectivity index (χ1v) is 13.4. The third-order valence-electron chi connectivity index (χ3n) is 5.97. The predicted octanol–water partition coefficient (Wildman–Crippen LogP) is 6.10. The second kappa shape index (κ2) is 10.6. The molecule has 4 rings (SSSR count). The molecule has 0 bridgehead atoms. The van der Waals surface area contributed by atoms with Gasteiger partial charge in [0.1, 0.15) is 17.1 Å². The number of amides is 1. The average Bonchev–Trinajstić information content (AvgIpc) is 2.85. The van der Waals surface area contributed by atoms with Gasteiger partial charge >= 0.3 is 0 Å². The van der Waals surface area contributed by atoms with E-state index in [1.165, 1.54) is 12.1 Å². The summed E-state index contributed by atoms with van der Waals surface area (Å²) in [6.07, 6.45) is 0. The Hall–Kier alpha value is -4.24. The van der Waals surface area contributed by atoms with E-state index >= 15 is 0 Å². The predicted molar refractivity (Wildman–Crippen MR) is 150 cm³/mol. The maximum absolute atomic E-state index is 13.3. The maximum atomic E-state index is 13.3. The van der Waals surface area contributed by atoms with Crippen LogP contribution in [0.5, 0.6) is 17.4 Å². The van der Waals surface area contributed by atoms with Gasteiger partial charge in [0.05, 0.1) is 12.8 Å². The Balaban J connectivity index is 0.00000280. The molecule has 200 valence electrons. The fourth-order valence-corrected chi connectivity index (χ4v) is 5.27. The van der Waals surface area contributed by atoms with E-state index in [0.29, 0.717) is 28.5 Å². The molecule has 0 saturated carbocycles. The largest absolute Gasteiger partial charge is 0.496 e. The SMILES string of the molecule is COc1c(C)cccc1-c1ccc(C(=O)NS(=O)(=O)c2cccc(C)n2)c(Oc2c(C)cc(C)cc2C)n1.[HH].[HH]. The average molecular weight is 536 g/mol. The first-order valence-electron chi connectivity index (χ1n) is 11.9. The number of sulfonamides is 1. The Morgan fingerprint density at radius 3 is 2.18 bits per heavy atom. The van der Waals surface area contributed by atoms with Crippen molar-refractivity contribution in [3.8, 4) is 28.6 Å². The standard InChI is InChI=1S/C29H29N3O5S.2H2/c1-17-15-19(3)26(20(4)16-17)37-29-23(28(33)32-38(34,35)25-12-8-10-21(5)30-25)13-14-24(31-29)22-11-7-9-18(2)27(22)36-6;;/h7-16H,1-6H3,(H,32,33);2*1H. The molecule has 1 amide bonds. The van der Waals surface area contributed by atoms with Gasteiger partial charge in [-0.25, -0.2) is 14.7 Å². The number of carbonyl (C=O) groups is 1. The molecule has 9 heteroatoms. The first-order chi connectivity index (χ1) is 18.0. The van der Waals surface area contributed by atoms with Crippen LogP contribution in [-0.4, -0.2) is 31.4 Å². The fourth-order valence-electron chi connectivity index (χ4n) is 4.29. The number of methoxy groups -OCH3 is 1.